The highest BCUT2D eigenvalue weighted by atomic mass is 79.9. The highest BCUT2D eigenvalue weighted by Crippen LogP contribution is 2.15. The Kier molecular flexibility index (Phi) is 5.07. The van der Waals surface area contributed by atoms with Gasteiger partial charge in [-0.3, -0.25) is 4.98 Å². The van der Waals surface area contributed by atoms with Crippen LogP contribution in [-0.4, -0.2) is 23.2 Å². The molecule has 0 saturated carbocycles. The van der Waals surface area contributed by atoms with Gasteiger partial charge in [-0.25, -0.2) is 0 Å². The zero-order valence-electron chi connectivity index (χ0n) is 8.20. The van der Waals surface area contributed by atoms with Crippen LogP contribution in [-0.2, 0) is 0 Å². The van der Waals surface area contributed by atoms with Crippen LogP contribution in [0.4, 0.5) is 0 Å². The Morgan fingerprint density at radius 2 is 2.36 bits per heavy atom. The third kappa shape index (κ3) is 3.74. The van der Waals surface area contributed by atoms with Gasteiger partial charge in [-0.2, -0.15) is 0 Å². The quantitative estimate of drug-likeness (QED) is 0.793. The van der Waals surface area contributed by atoms with Crippen LogP contribution in [0.25, 0.3) is 0 Å². The zero-order valence-corrected chi connectivity index (χ0v) is 9.79. The lowest BCUT2D eigenvalue weighted by Crippen LogP contribution is -2.22. The van der Waals surface area contributed by atoms with E-state index in [1.54, 1.807) is 12.4 Å². The number of pyridine rings is 1. The maximum atomic E-state index is 9.75. The Balaban J connectivity index is 2.47. The van der Waals surface area contributed by atoms with Gasteiger partial charge in [0, 0.05) is 29.0 Å². The van der Waals surface area contributed by atoms with Crippen molar-refractivity contribution in [3.05, 3.63) is 28.5 Å². The fraction of sp³-hybridized carbons (Fsp3) is 0.500. The minimum Gasteiger partial charge on any atom is -0.387 e. The van der Waals surface area contributed by atoms with Crippen molar-refractivity contribution in [2.45, 2.75) is 19.4 Å². The maximum Gasteiger partial charge on any atom is 0.0929 e. The predicted molar refractivity (Wildman–Crippen MR) is 60.1 cm³/mol. The minimum absolute atomic E-state index is 0.480. The van der Waals surface area contributed by atoms with Gasteiger partial charge in [0.2, 0.25) is 0 Å². The molecule has 1 aromatic rings. The molecule has 1 heterocycles. The van der Waals surface area contributed by atoms with Gasteiger partial charge in [0.1, 0.15) is 0 Å². The molecule has 0 aliphatic rings. The van der Waals surface area contributed by atoms with E-state index in [0.29, 0.717) is 6.54 Å². The van der Waals surface area contributed by atoms with Crippen LogP contribution < -0.4 is 5.32 Å². The van der Waals surface area contributed by atoms with Crippen LogP contribution in [0.5, 0.6) is 0 Å². The lowest BCUT2D eigenvalue weighted by molar-refractivity contribution is 0.174. The summed E-state index contributed by atoms with van der Waals surface area (Å²) in [7, 11) is 0. The number of aromatic nitrogens is 1. The molecule has 0 bridgehead atoms. The largest absolute Gasteiger partial charge is 0.387 e. The van der Waals surface area contributed by atoms with Gasteiger partial charge < -0.3 is 10.4 Å². The molecule has 0 saturated heterocycles. The van der Waals surface area contributed by atoms with Gasteiger partial charge in [-0.1, -0.05) is 6.92 Å². The number of nitrogens with zero attached hydrogens (tertiary/aromatic N) is 1. The molecule has 1 aromatic heterocycles. The van der Waals surface area contributed by atoms with Crippen molar-refractivity contribution in [1.82, 2.24) is 10.3 Å². The molecular weight excluding hydrogens is 244 g/mol. The molecule has 0 radical (unpaired) electrons. The molecular formula is C10H15BrN2O. The molecule has 0 aliphatic heterocycles. The number of hydrogen-bond acceptors (Lipinski definition) is 3. The molecule has 3 nitrogen and oxygen atoms in total. The summed E-state index contributed by atoms with van der Waals surface area (Å²) < 4.78 is 0.893. The fourth-order valence-corrected chi connectivity index (χ4v) is 1.53. The molecule has 0 aromatic carbocycles. The molecule has 0 spiro atoms. The van der Waals surface area contributed by atoms with E-state index in [1.165, 1.54) is 0 Å². The Morgan fingerprint density at radius 1 is 1.57 bits per heavy atom. The van der Waals surface area contributed by atoms with E-state index in [-0.39, 0.29) is 0 Å². The number of aliphatic hydroxyl groups excluding tert-OH is 1. The minimum atomic E-state index is -0.480. The van der Waals surface area contributed by atoms with E-state index >= 15 is 0 Å². The topological polar surface area (TPSA) is 45.1 Å². The highest BCUT2D eigenvalue weighted by Gasteiger charge is 2.06. The smallest absolute Gasteiger partial charge is 0.0929 e. The van der Waals surface area contributed by atoms with E-state index in [1.807, 2.05) is 6.07 Å². The van der Waals surface area contributed by atoms with Crippen LogP contribution in [0.2, 0.25) is 0 Å². The summed E-state index contributed by atoms with van der Waals surface area (Å²) in [4.78, 5) is 4.00. The standard InChI is InChI=1S/C10H15BrN2O/c1-2-3-12-7-10(14)8-4-9(11)6-13-5-8/h4-6,10,12,14H,2-3,7H2,1H3. The van der Waals surface area contributed by atoms with Crippen LogP contribution in [0.1, 0.15) is 25.0 Å². The predicted octanol–water partition coefficient (Wildman–Crippen LogP) is 1.88. The molecule has 4 heteroatoms. The van der Waals surface area contributed by atoms with Crippen molar-refractivity contribution >= 4 is 15.9 Å². The molecule has 78 valence electrons. The van der Waals surface area contributed by atoms with Gasteiger partial charge in [-0.15, -0.1) is 0 Å². The zero-order chi connectivity index (χ0) is 10.4. The van der Waals surface area contributed by atoms with E-state index in [9.17, 15) is 5.11 Å². The van der Waals surface area contributed by atoms with E-state index < -0.39 is 6.10 Å². The first-order valence-corrected chi connectivity index (χ1v) is 5.52. The molecule has 1 unspecified atom stereocenters. The first kappa shape index (κ1) is 11.6. The molecule has 0 amide bonds. The third-order valence-electron chi connectivity index (χ3n) is 1.88. The van der Waals surface area contributed by atoms with Crippen molar-refractivity contribution < 1.29 is 5.11 Å². The average molecular weight is 259 g/mol. The van der Waals surface area contributed by atoms with Crippen molar-refractivity contribution in [3.8, 4) is 0 Å². The summed E-state index contributed by atoms with van der Waals surface area (Å²) in [6.07, 6.45) is 3.98. The number of halogens is 1. The lowest BCUT2D eigenvalue weighted by Gasteiger charge is -2.11. The van der Waals surface area contributed by atoms with Crippen molar-refractivity contribution in [3.63, 3.8) is 0 Å². The maximum absolute atomic E-state index is 9.75. The fourth-order valence-electron chi connectivity index (χ4n) is 1.14. The number of hydrogen-bond donors (Lipinski definition) is 2. The molecule has 1 atom stereocenters. The van der Waals surface area contributed by atoms with Crippen molar-refractivity contribution in [1.29, 1.82) is 0 Å². The summed E-state index contributed by atoms with van der Waals surface area (Å²) in [5, 5.41) is 12.9. The van der Waals surface area contributed by atoms with Gasteiger partial charge in [0.25, 0.3) is 0 Å². The first-order valence-electron chi connectivity index (χ1n) is 4.73. The van der Waals surface area contributed by atoms with E-state index in [0.717, 1.165) is 23.0 Å². The normalized spacial score (nSPS) is 12.8. The highest BCUT2D eigenvalue weighted by molar-refractivity contribution is 9.10. The van der Waals surface area contributed by atoms with Gasteiger partial charge >= 0.3 is 0 Å². The second kappa shape index (κ2) is 6.11. The molecule has 0 aliphatic carbocycles. The number of aliphatic hydroxyl groups is 1. The van der Waals surface area contributed by atoms with Gasteiger partial charge in [0.15, 0.2) is 0 Å². The summed E-state index contributed by atoms with van der Waals surface area (Å²) >= 11 is 3.32. The Labute approximate surface area is 92.7 Å². The second-order valence-electron chi connectivity index (χ2n) is 3.16. The van der Waals surface area contributed by atoms with Crippen LogP contribution >= 0.6 is 15.9 Å². The SMILES string of the molecule is CCCNCC(O)c1cncc(Br)c1. The number of nitrogens with one attached hydrogen (secondary N) is 1. The third-order valence-corrected chi connectivity index (χ3v) is 2.31. The lowest BCUT2D eigenvalue weighted by atomic mass is 10.1. The average Bonchev–Trinajstić information content (AvgIpc) is 2.18. The summed E-state index contributed by atoms with van der Waals surface area (Å²) in [5.74, 6) is 0. The second-order valence-corrected chi connectivity index (χ2v) is 4.07. The van der Waals surface area contributed by atoms with Crippen LogP contribution in [0.3, 0.4) is 0 Å². The van der Waals surface area contributed by atoms with Crippen molar-refractivity contribution in [2.75, 3.05) is 13.1 Å². The van der Waals surface area contributed by atoms with Gasteiger partial charge in [-0.05, 0) is 35.0 Å². The summed E-state index contributed by atoms with van der Waals surface area (Å²) in [6.45, 7) is 3.60. The first-order chi connectivity index (χ1) is 6.74. The summed E-state index contributed by atoms with van der Waals surface area (Å²) in [5.41, 5.74) is 0.836. The Hall–Kier alpha value is -0.450. The number of rotatable bonds is 5. The molecule has 2 N–H and O–H groups in total. The van der Waals surface area contributed by atoms with Crippen LogP contribution in [0.15, 0.2) is 22.9 Å². The molecule has 1 rings (SSSR count). The van der Waals surface area contributed by atoms with E-state index in [4.69, 9.17) is 0 Å². The summed E-state index contributed by atoms with van der Waals surface area (Å²) in [6, 6.07) is 1.88. The molecule has 14 heavy (non-hydrogen) atoms. The monoisotopic (exact) mass is 258 g/mol. The van der Waals surface area contributed by atoms with Crippen molar-refractivity contribution in [2.24, 2.45) is 0 Å². The Bertz CT molecular complexity index is 281. The van der Waals surface area contributed by atoms with Gasteiger partial charge in [0.05, 0.1) is 6.10 Å². The van der Waals surface area contributed by atoms with E-state index in [2.05, 4.69) is 33.2 Å². The van der Waals surface area contributed by atoms with Crippen LogP contribution in [0, 0.1) is 0 Å². The Morgan fingerprint density at radius 3 is 3.00 bits per heavy atom. The molecule has 0 fully saturated rings.